The fraction of sp³-hybridized carbons (Fsp3) is 0.556. The molecule has 3 atom stereocenters. The summed E-state index contributed by atoms with van der Waals surface area (Å²) in [6.07, 6.45) is 3.30. The number of hydrogen-bond donors (Lipinski definition) is 2. The summed E-state index contributed by atoms with van der Waals surface area (Å²) in [4.78, 5) is 27.5. The number of piperidine rings is 1. The summed E-state index contributed by atoms with van der Waals surface area (Å²) in [5.41, 5.74) is 0.710. The number of amides is 2. The minimum absolute atomic E-state index is 0.109. The molecule has 0 aromatic heterocycles. The lowest BCUT2D eigenvalue weighted by atomic mass is 9.97. The van der Waals surface area contributed by atoms with Gasteiger partial charge in [-0.15, -0.1) is 0 Å². The molecule has 24 heavy (non-hydrogen) atoms. The van der Waals surface area contributed by atoms with E-state index in [-0.39, 0.29) is 30.4 Å². The maximum Gasteiger partial charge on any atom is 0.279 e. The third-order valence-electron chi connectivity index (χ3n) is 4.52. The predicted molar refractivity (Wildman–Crippen MR) is 96.3 cm³/mol. The molecule has 2 amide bonds. The van der Waals surface area contributed by atoms with Gasteiger partial charge in [0, 0.05) is 22.8 Å². The Bertz CT molecular complexity index is 566. The number of nitrogens with one attached hydrogen (secondary N) is 2. The van der Waals surface area contributed by atoms with Gasteiger partial charge in [0.2, 0.25) is 0 Å². The number of quaternary nitrogens is 1. The van der Waals surface area contributed by atoms with Gasteiger partial charge in [0.15, 0.2) is 13.1 Å². The van der Waals surface area contributed by atoms with Crippen LogP contribution < -0.4 is 10.2 Å². The van der Waals surface area contributed by atoms with E-state index in [1.165, 1.54) is 6.42 Å². The molecule has 1 unspecified atom stereocenters. The molecule has 132 valence electrons. The molecule has 1 aromatic rings. The average Bonchev–Trinajstić information content (AvgIpc) is 2.49. The molecule has 1 saturated heterocycles. The van der Waals surface area contributed by atoms with Crippen LogP contribution in [0.1, 0.15) is 33.1 Å². The van der Waals surface area contributed by atoms with E-state index in [2.05, 4.69) is 19.2 Å². The van der Waals surface area contributed by atoms with Gasteiger partial charge in [0.05, 0.1) is 7.05 Å². The number of halogens is 1. The largest absolute Gasteiger partial charge is 0.332 e. The van der Waals surface area contributed by atoms with E-state index in [4.69, 9.17) is 11.6 Å². The number of carbonyl (C=O) groups is 2. The first-order valence-corrected chi connectivity index (χ1v) is 8.92. The summed E-state index contributed by atoms with van der Waals surface area (Å²) >= 11 is 5.83. The van der Waals surface area contributed by atoms with Gasteiger partial charge in [-0.1, -0.05) is 11.6 Å². The lowest BCUT2D eigenvalue weighted by Crippen LogP contribution is -3.11. The van der Waals surface area contributed by atoms with Crippen LogP contribution in [0, 0.1) is 0 Å². The third-order valence-corrected chi connectivity index (χ3v) is 4.78. The minimum atomic E-state index is -0.109. The number of carbonyl (C=O) groups excluding carboxylic acids is 2. The summed E-state index contributed by atoms with van der Waals surface area (Å²) in [5, 5.41) is 3.46. The van der Waals surface area contributed by atoms with Gasteiger partial charge >= 0.3 is 0 Å². The molecule has 0 bridgehead atoms. The van der Waals surface area contributed by atoms with E-state index < -0.39 is 0 Å². The first-order chi connectivity index (χ1) is 11.4. The Morgan fingerprint density at radius 1 is 1.17 bits per heavy atom. The van der Waals surface area contributed by atoms with Crippen molar-refractivity contribution in [2.75, 3.05) is 25.5 Å². The Morgan fingerprint density at radius 3 is 2.33 bits per heavy atom. The third kappa shape index (κ3) is 5.21. The van der Waals surface area contributed by atoms with Crippen LogP contribution in [0.3, 0.4) is 0 Å². The highest BCUT2D eigenvalue weighted by Crippen LogP contribution is 2.22. The second-order valence-electron chi connectivity index (χ2n) is 6.80. The van der Waals surface area contributed by atoms with Crippen LogP contribution in [0.15, 0.2) is 24.3 Å². The molecule has 0 aliphatic carbocycles. The smallest absolute Gasteiger partial charge is 0.279 e. The molecule has 1 aliphatic heterocycles. The summed E-state index contributed by atoms with van der Waals surface area (Å²) in [7, 11) is 1.87. The van der Waals surface area contributed by atoms with Gasteiger partial charge in [-0.25, -0.2) is 0 Å². The number of rotatable bonds is 5. The van der Waals surface area contributed by atoms with E-state index in [1.807, 2.05) is 11.9 Å². The van der Waals surface area contributed by atoms with Gasteiger partial charge in [-0.2, -0.15) is 0 Å². The van der Waals surface area contributed by atoms with Crippen LogP contribution in [0.2, 0.25) is 5.02 Å². The van der Waals surface area contributed by atoms with Crippen LogP contribution in [-0.4, -0.2) is 48.9 Å². The van der Waals surface area contributed by atoms with Gasteiger partial charge in [-0.3, -0.25) is 9.59 Å². The normalized spacial score (nSPS) is 22.1. The molecule has 0 radical (unpaired) electrons. The van der Waals surface area contributed by atoms with E-state index in [1.54, 1.807) is 24.3 Å². The van der Waals surface area contributed by atoms with Crippen LogP contribution in [0.25, 0.3) is 0 Å². The molecule has 0 spiro atoms. The topological polar surface area (TPSA) is 53.9 Å². The monoisotopic (exact) mass is 352 g/mol. The predicted octanol–water partition coefficient (Wildman–Crippen LogP) is 1.58. The van der Waals surface area contributed by atoms with E-state index in [0.717, 1.165) is 17.7 Å². The van der Waals surface area contributed by atoms with Crippen molar-refractivity contribution in [3.63, 3.8) is 0 Å². The molecular formula is C18H27ClN3O2+. The summed E-state index contributed by atoms with van der Waals surface area (Å²) in [5.74, 6) is 0.0221. The number of benzene rings is 1. The Labute approximate surface area is 149 Å². The SMILES string of the molecule is C[C@@H]1CCC[C@H](C)N1C(=O)C[NH+](C)CC(=O)Nc1ccc(Cl)cc1. The summed E-state index contributed by atoms with van der Waals surface area (Å²) in [6, 6.07) is 7.57. The van der Waals surface area contributed by atoms with Crippen LogP contribution in [-0.2, 0) is 9.59 Å². The molecule has 2 rings (SSSR count). The molecule has 1 aromatic carbocycles. The van der Waals surface area contributed by atoms with Crippen molar-refractivity contribution in [3.05, 3.63) is 29.3 Å². The molecule has 6 heteroatoms. The molecule has 1 fully saturated rings. The lowest BCUT2D eigenvalue weighted by Gasteiger charge is -2.39. The van der Waals surface area contributed by atoms with Crippen molar-refractivity contribution in [1.29, 1.82) is 0 Å². The van der Waals surface area contributed by atoms with Crippen LogP contribution in [0.4, 0.5) is 5.69 Å². The summed E-state index contributed by atoms with van der Waals surface area (Å²) < 4.78 is 0. The second kappa shape index (κ2) is 8.49. The fourth-order valence-electron chi connectivity index (χ4n) is 3.34. The molecule has 2 N–H and O–H groups in total. The van der Waals surface area contributed by atoms with Crippen molar-refractivity contribution in [2.45, 2.75) is 45.2 Å². The number of hydrogen-bond acceptors (Lipinski definition) is 2. The Morgan fingerprint density at radius 2 is 1.75 bits per heavy atom. The van der Waals surface area contributed by atoms with E-state index in [0.29, 0.717) is 17.3 Å². The van der Waals surface area contributed by atoms with Crippen molar-refractivity contribution >= 4 is 29.1 Å². The Kier molecular flexibility index (Phi) is 6.63. The molecule has 5 nitrogen and oxygen atoms in total. The van der Waals surface area contributed by atoms with Gasteiger partial charge in [0.25, 0.3) is 11.8 Å². The van der Waals surface area contributed by atoms with E-state index >= 15 is 0 Å². The van der Waals surface area contributed by atoms with Crippen LogP contribution in [0.5, 0.6) is 0 Å². The van der Waals surface area contributed by atoms with Gasteiger partial charge in [0.1, 0.15) is 0 Å². The molecular weight excluding hydrogens is 326 g/mol. The van der Waals surface area contributed by atoms with Gasteiger partial charge in [-0.05, 0) is 57.4 Å². The highest BCUT2D eigenvalue weighted by Gasteiger charge is 2.30. The standard InChI is InChI=1S/C18H26ClN3O2/c1-13-5-4-6-14(2)22(13)18(24)12-21(3)11-17(23)20-16-9-7-15(19)8-10-16/h7-10,13-14H,4-6,11-12H2,1-3H3,(H,20,23)/p+1/t13-,14+. The first-order valence-electron chi connectivity index (χ1n) is 8.54. The van der Waals surface area contributed by atoms with Crippen molar-refractivity contribution in [2.24, 2.45) is 0 Å². The first kappa shape index (κ1) is 18.7. The average molecular weight is 353 g/mol. The molecule has 1 aliphatic rings. The molecule has 1 heterocycles. The van der Waals surface area contributed by atoms with Crippen LogP contribution >= 0.6 is 11.6 Å². The Balaban J connectivity index is 1.83. The highest BCUT2D eigenvalue weighted by molar-refractivity contribution is 6.30. The van der Waals surface area contributed by atoms with Crippen molar-refractivity contribution in [1.82, 2.24) is 4.90 Å². The van der Waals surface area contributed by atoms with Gasteiger partial charge < -0.3 is 15.1 Å². The van der Waals surface area contributed by atoms with E-state index in [9.17, 15) is 9.59 Å². The lowest BCUT2D eigenvalue weighted by molar-refractivity contribution is -0.862. The maximum atomic E-state index is 12.6. The number of likely N-dealkylation sites (N-methyl/N-ethyl adjacent to an activating group) is 1. The second-order valence-corrected chi connectivity index (χ2v) is 7.23. The highest BCUT2D eigenvalue weighted by atomic mass is 35.5. The zero-order chi connectivity index (χ0) is 17.7. The zero-order valence-electron chi connectivity index (χ0n) is 14.6. The minimum Gasteiger partial charge on any atom is -0.332 e. The zero-order valence-corrected chi connectivity index (χ0v) is 15.4. The maximum absolute atomic E-state index is 12.6. The quantitative estimate of drug-likeness (QED) is 0.845. The fourth-order valence-corrected chi connectivity index (χ4v) is 3.46. The van der Waals surface area contributed by atoms with Crippen molar-refractivity contribution < 1.29 is 14.5 Å². The number of nitrogens with zero attached hydrogens (tertiary/aromatic N) is 1. The number of likely N-dealkylation sites (tertiary alicyclic amines) is 1. The number of anilines is 1. The Hall–Kier alpha value is -1.59. The summed E-state index contributed by atoms with van der Waals surface area (Å²) in [6.45, 7) is 4.81. The molecule has 0 saturated carbocycles. The van der Waals surface area contributed by atoms with Crippen molar-refractivity contribution in [3.8, 4) is 0 Å².